The lowest BCUT2D eigenvalue weighted by Crippen LogP contribution is -2.42. The number of fused-ring (bicyclic) bond motifs is 1. The van der Waals surface area contributed by atoms with E-state index in [1.165, 1.54) is 6.42 Å². The summed E-state index contributed by atoms with van der Waals surface area (Å²) in [6, 6.07) is 8.09. The topological polar surface area (TPSA) is 52.8 Å². The van der Waals surface area contributed by atoms with Crippen LogP contribution < -0.4 is 20.5 Å². The number of benzene rings is 1. The van der Waals surface area contributed by atoms with Crippen LogP contribution in [0.25, 0.3) is 0 Å². The van der Waals surface area contributed by atoms with Gasteiger partial charge < -0.3 is 9.47 Å². The summed E-state index contributed by atoms with van der Waals surface area (Å²) in [6.07, 6.45) is 4.78. The summed E-state index contributed by atoms with van der Waals surface area (Å²) < 4.78 is 11.7. The minimum absolute atomic E-state index is 0.0673. The molecule has 4 nitrogen and oxygen atoms in total. The molecule has 102 valence electrons. The first kappa shape index (κ1) is 12.8. The van der Waals surface area contributed by atoms with Crippen molar-refractivity contribution >= 4 is 0 Å². The van der Waals surface area contributed by atoms with Crippen LogP contribution >= 0.6 is 0 Å². The predicted octanol–water partition coefficient (Wildman–Crippen LogP) is 2.14. The third-order valence-corrected chi connectivity index (χ3v) is 3.82. The number of rotatable bonds is 2. The molecule has 19 heavy (non-hydrogen) atoms. The van der Waals surface area contributed by atoms with Crippen molar-refractivity contribution in [1.29, 1.82) is 0 Å². The molecule has 0 saturated carbocycles. The first-order valence-corrected chi connectivity index (χ1v) is 7.14. The second kappa shape index (κ2) is 5.80. The Morgan fingerprint density at radius 1 is 1.16 bits per heavy atom. The van der Waals surface area contributed by atoms with Gasteiger partial charge in [0.05, 0.1) is 6.17 Å². The molecule has 0 aliphatic carbocycles. The van der Waals surface area contributed by atoms with E-state index in [9.17, 15) is 5.73 Å². The molecule has 0 bridgehead atoms. The zero-order valence-corrected chi connectivity index (χ0v) is 11.0. The van der Waals surface area contributed by atoms with E-state index < -0.39 is 0 Å². The van der Waals surface area contributed by atoms with E-state index in [0.717, 1.165) is 37.2 Å². The molecular weight excluding hydrogens is 240 g/mol. The number of hydrogen-bond donors (Lipinski definition) is 1. The average Bonchev–Trinajstić information content (AvgIpc) is 2.63. The molecule has 1 N–H and O–H groups in total. The summed E-state index contributed by atoms with van der Waals surface area (Å²) in [6.45, 7) is 0.589. The third-order valence-electron chi connectivity index (χ3n) is 3.82. The molecule has 2 radical (unpaired) electrons. The fourth-order valence-electron chi connectivity index (χ4n) is 2.85. The van der Waals surface area contributed by atoms with Gasteiger partial charge in [-0.1, -0.05) is 25.0 Å². The summed E-state index contributed by atoms with van der Waals surface area (Å²) in [5.74, 6) is 1.65. The van der Waals surface area contributed by atoms with Crippen molar-refractivity contribution in [3.05, 3.63) is 24.3 Å². The average molecular weight is 260 g/mol. The highest BCUT2D eigenvalue weighted by Crippen LogP contribution is 2.32. The van der Waals surface area contributed by atoms with Crippen molar-refractivity contribution in [3.8, 4) is 11.5 Å². The van der Waals surface area contributed by atoms with Gasteiger partial charge in [-0.15, -0.1) is 5.73 Å². The quantitative estimate of drug-likeness (QED) is 0.886. The van der Waals surface area contributed by atoms with Crippen LogP contribution in [-0.2, 0) is 0 Å². The van der Waals surface area contributed by atoms with Gasteiger partial charge in [0.1, 0.15) is 12.7 Å². The normalized spacial score (nSPS) is 30.7. The maximum atomic E-state index is 9.76. The molecule has 2 aliphatic heterocycles. The minimum atomic E-state index is -0.371. The zero-order valence-electron chi connectivity index (χ0n) is 11.0. The molecule has 0 aromatic heterocycles. The van der Waals surface area contributed by atoms with Crippen LogP contribution in [0.4, 0.5) is 0 Å². The van der Waals surface area contributed by atoms with Crippen molar-refractivity contribution in [2.75, 3.05) is 6.61 Å². The van der Waals surface area contributed by atoms with Crippen LogP contribution in [0.15, 0.2) is 24.3 Å². The highest BCUT2D eigenvalue weighted by atomic mass is 16.6. The molecule has 0 amide bonds. The van der Waals surface area contributed by atoms with Crippen molar-refractivity contribution in [2.45, 2.75) is 50.4 Å². The Bertz CT molecular complexity index is 424. The van der Waals surface area contributed by atoms with Gasteiger partial charge in [-0.3, -0.25) is 5.32 Å². The van der Waals surface area contributed by atoms with E-state index in [1.807, 2.05) is 24.3 Å². The van der Waals surface area contributed by atoms with E-state index in [4.69, 9.17) is 9.47 Å². The molecule has 3 rings (SSSR count). The first-order valence-electron chi connectivity index (χ1n) is 7.14. The second-order valence-electron chi connectivity index (χ2n) is 5.40. The van der Waals surface area contributed by atoms with Gasteiger partial charge in [0.15, 0.2) is 11.5 Å². The maximum absolute atomic E-state index is 9.76. The lowest BCUT2D eigenvalue weighted by atomic mass is 10.0. The Kier molecular flexibility index (Phi) is 3.89. The van der Waals surface area contributed by atoms with Crippen LogP contribution in [0.5, 0.6) is 11.5 Å². The van der Waals surface area contributed by atoms with Crippen molar-refractivity contribution in [3.63, 3.8) is 0 Å². The fraction of sp³-hybridized carbons (Fsp3) is 0.600. The largest absolute Gasteiger partial charge is 0.486 e. The minimum Gasteiger partial charge on any atom is -0.486 e. The second-order valence-corrected chi connectivity index (χ2v) is 5.40. The summed E-state index contributed by atoms with van der Waals surface area (Å²) in [5.41, 5.74) is 9.76. The summed E-state index contributed by atoms with van der Waals surface area (Å²) in [5, 5.41) is 3.27. The van der Waals surface area contributed by atoms with E-state index in [1.54, 1.807) is 0 Å². The first-order chi connectivity index (χ1) is 9.31. The SMILES string of the molecule is [N]C1CCCCC(CC2COc3ccccc3O2)N1. The van der Waals surface area contributed by atoms with Crippen molar-refractivity contribution in [1.82, 2.24) is 11.1 Å². The van der Waals surface area contributed by atoms with Gasteiger partial charge in [0.25, 0.3) is 0 Å². The smallest absolute Gasteiger partial charge is 0.161 e. The molecular formula is C15H20N2O2. The highest BCUT2D eigenvalue weighted by molar-refractivity contribution is 5.40. The van der Waals surface area contributed by atoms with Crippen LogP contribution in [0.2, 0.25) is 0 Å². The van der Waals surface area contributed by atoms with Gasteiger partial charge in [0.2, 0.25) is 0 Å². The van der Waals surface area contributed by atoms with Gasteiger partial charge in [0, 0.05) is 12.5 Å². The molecule has 1 aromatic carbocycles. The molecule has 2 aliphatic rings. The molecule has 0 spiro atoms. The van der Waals surface area contributed by atoms with Crippen LogP contribution in [-0.4, -0.2) is 24.9 Å². The lowest BCUT2D eigenvalue weighted by molar-refractivity contribution is 0.0751. The van der Waals surface area contributed by atoms with Crippen LogP contribution in [0.1, 0.15) is 32.1 Å². The number of nitrogens with zero attached hydrogens (tertiary/aromatic N) is 1. The monoisotopic (exact) mass is 260 g/mol. The van der Waals surface area contributed by atoms with Crippen LogP contribution in [0.3, 0.4) is 0 Å². The van der Waals surface area contributed by atoms with Crippen molar-refractivity contribution < 1.29 is 9.47 Å². The molecule has 3 atom stereocenters. The number of ether oxygens (including phenoxy) is 2. The molecule has 1 saturated heterocycles. The van der Waals surface area contributed by atoms with Gasteiger partial charge in [-0.2, -0.15) is 0 Å². The van der Waals surface area contributed by atoms with E-state index in [-0.39, 0.29) is 12.3 Å². The molecule has 1 aromatic rings. The van der Waals surface area contributed by atoms with Crippen LogP contribution in [0, 0.1) is 0 Å². The molecule has 2 heterocycles. The number of hydrogen-bond acceptors (Lipinski definition) is 3. The lowest BCUT2D eigenvalue weighted by Gasteiger charge is -2.29. The fourth-order valence-corrected chi connectivity index (χ4v) is 2.85. The van der Waals surface area contributed by atoms with E-state index in [2.05, 4.69) is 5.32 Å². The Morgan fingerprint density at radius 2 is 1.95 bits per heavy atom. The highest BCUT2D eigenvalue weighted by Gasteiger charge is 2.26. The third kappa shape index (κ3) is 3.19. The Morgan fingerprint density at radius 3 is 2.84 bits per heavy atom. The zero-order chi connectivity index (χ0) is 13.1. The summed E-state index contributed by atoms with van der Waals surface area (Å²) in [7, 11) is 0. The summed E-state index contributed by atoms with van der Waals surface area (Å²) >= 11 is 0. The molecule has 4 heteroatoms. The maximum Gasteiger partial charge on any atom is 0.161 e. The van der Waals surface area contributed by atoms with Gasteiger partial charge >= 0.3 is 0 Å². The van der Waals surface area contributed by atoms with Gasteiger partial charge in [-0.05, 0) is 25.0 Å². The standard InChI is InChI=1S/C15H20N2O2/c16-15-8-4-1-5-11(17-15)9-12-10-18-13-6-2-3-7-14(13)19-12/h2-3,6-7,11-12,15,17H,1,4-5,8-10H2. The summed E-state index contributed by atoms with van der Waals surface area (Å²) in [4.78, 5) is 0. The predicted molar refractivity (Wildman–Crippen MR) is 72.3 cm³/mol. The molecule has 3 unspecified atom stereocenters. The van der Waals surface area contributed by atoms with Crippen molar-refractivity contribution in [2.24, 2.45) is 0 Å². The molecule has 1 fully saturated rings. The number of para-hydroxylation sites is 2. The van der Waals surface area contributed by atoms with E-state index >= 15 is 0 Å². The Balaban J connectivity index is 1.59. The Labute approximate surface area is 114 Å². The van der Waals surface area contributed by atoms with Gasteiger partial charge in [-0.25, -0.2) is 0 Å². The Hall–Kier alpha value is -1.26. The number of nitrogens with one attached hydrogen (secondary N) is 1. The van der Waals surface area contributed by atoms with E-state index in [0.29, 0.717) is 12.6 Å².